The predicted octanol–water partition coefficient (Wildman–Crippen LogP) is 4.17. The number of H-pyrrole nitrogens is 2. The summed E-state index contributed by atoms with van der Waals surface area (Å²) >= 11 is 5.95. The maximum atomic E-state index is 13.1. The van der Waals surface area contributed by atoms with Crippen molar-refractivity contribution in [3.05, 3.63) is 97.8 Å². The van der Waals surface area contributed by atoms with E-state index in [1.807, 2.05) is 31.3 Å². The molecule has 6 nitrogen and oxygen atoms in total. The number of fused-ring (bicyclic) bond motifs is 2. The van der Waals surface area contributed by atoms with Crippen LogP contribution in [-0.4, -0.2) is 19.3 Å². The minimum absolute atomic E-state index is 0.135. The average molecular weight is 419 g/mol. The molecule has 0 fully saturated rings. The van der Waals surface area contributed by atoms with E-state index in [0.29, 0.717) is 40.3 Å². The molecule has 0 unspecified atom stereocenters. The number of hydrogen-bond donors (Lipinski definition) is 2. The molecule has 2 aromatic carbocycles. The van der Waals surface area contributed by atoms with Crippen LogP contribution >= 0.6 is 11.6 Å². The molecule has 0 bridgehead atoms. The molecule has 2 N–H and O–H groups in total. The van der Waals surface area contributed by atoms with Gasteiger partial charge < -0.3 is 9.55 Å². The zero-order chi connectivity index (χ0) is 20.8. The fourth-order valence-corrected chi connectivity index (χ4v) is 4.16. The molecule has 150 valence electrons. The van der Waals surface area contributed by atoms with Crippen molar-refractivity contribution < 1.29 is 0 Å². The Labute approximate surface area is 176 Å². The summed E-state index contributed by atoms with van der Waals surface area (Å²) in [5.74, 6) is 0. The van der Waals surface area contributed by atoms with Crippen LogP contribution < -0.4 is 11.1 Å². The first-order valence-electron chi connectivity index (χ1n) is 9.69. The molecule has 0 aliphatic carbocycles. The quantitative estimate of drug-likeness (QED) is 0.459. The molecule has 0 aliphatic rings. The summed E-state index contributed by atoms with van der Waals surface area (Å²) in [6, 6.07) is 16.5. The van der Waals surface area contributed by atoms with Gasteiger partial charge in [-0.2, -0.15) is 0 Å². The molecule has 0 amide bonds. The summed E-state index contributed by atoms with van der Waals surface area (Å²) in [6.07, 6.45) is 2.67. The average Bonchev–Trinajstić information content (AvgIpc) is 3.29. The SMILES string of the molecule is Cc1c2c(=O)n(-c3ccc(Cl)cc3)[nH]c2cc(=O)n1CCc1c[nH]c2ccccc12. The van der Waals surface area contributed by atoms with Crippen molar-refractivity contribution in [2.24, 2.45) is 0 Å². The van der Waals surface area contributed by atoms with E-state index >= 15 is 0 Å². The van der Waals surface area contributed by atoms with E-state index in [-0.39, 0.29) is 11.1 Å². The summed E-state index contributed by atoms with van der Waals surface area (Å²) in [7, 11) is 0. The van der Waals surface area contributed by atoms with E-state index < -0.39 is 0 Å². The van der Waals surface area contributed by atoms with Crippen molar-refractivity contribution in [1.29, 1.82) is 0 Å². The zero-order valence-electron chi connectivity index (χ0n) is 16.3. The van der Waals surface area contributed by atoms with Gasteiger partial charge in [0, 0.05) is 40.4 Å². The molecule has 0 radical (unpaired) electrons. The lowest BCUT2D eigenvalue weighted by molar-refractivity contribution is 0.656. The molecule has 5 aromatic rings. The first-order chi connectivity index (χ1) is 14.5. The van der Waals surface area contributed by atoms with E-state index in [1.165, 1.54) is 10.7 Å². The molecular formula is C23H19ClN4O2. The molecule has 0 saturated carbocycles. The summed E-state index contributed by atoms with van der Waals surface area (Å²) in [5, 5.41) is 5.30. The van der Waals surface area contributed by atoms with Crippen LogP contribution in [0.5, 0.6) is 0 Å². The van der Waals surface area contributed by atoms with Gasteiger partial charge in [-0.25, -0.2) is 4.68 Å². The van der Waals surface area contributed by atoms with Crippen LogP contribution in [0.3, 0.4) is 0 Å². The highest BCUT2D eigenvalue weighted by Crippen LogP contribution is 2.20. The van der Waals surface area contributed by atoms with Crippen molar-refractivity contribution in [2.45, 2.75) is 19.9 Å². The van der Waals surface area contributed by atoms with E-state index in [4.69, 9.17) is 11.6 Å². The Morgan fingerprint density at radius 1 is 1.00 bits per heavy atom. The second kappa shape index (κ2) is 7.07. The highest BCUT2D eigenvalue weighted by molar-refractivity contribution is 6.30. The third-order valence-corrected chi connectivity index (χ3v) is 5.84. The topological polar surface area (TPSA) is 75.6 Å². The maximum absolute atomic E-state index is 13.1. The highest BCUT2D eigenvalue weighted by atomic mass is 35.5. The van der Waals surface area contributed by atoms with Crippen LogP contribution in [0, 0.1) is 6.92 Å². The van der Waals surface area contributed by atoms with E-state index in [2.05, 4.69) is 16.1 Å². The Bertz CT molecular complexity index is 1500. The molecule has 3 aromatic heterocycles. The lowest BCUT2D eigenvalue weighted by Crippen LogP contribution is -2.24. The third kappa shape index (κ3) is 2.97. The Morgan fingerprint density at radius 3 is 2.57 bits per heavy atom. The Kier molecular flexibility index (Phi) is 4.37. The third-order valence-electron chi connectivity index (χ3n) is 5.58. The first kappa shape index (κ1) is 18.5. The molecule has 30 heavy (non-hydrogen) atoms. The Balaban J connectivity index is 1.56. The smallest absolute Gasteiger partial charge is 0.280 e. The van der Waals surface area contributed by atoms with Gasteiger partial charge in [0.2, 0.25) is 0 Å². The van der Waals surface area contributed by atoms with Crippen molar-refractivity contribution in [1.82, 2.24) is 19.3 Å². The van der Waals surface area contributed by atoms with Crippen molar-refractivity contribution in [3.8, 4) is 5.69 Å². The zero-order valence-corrected chi connectivity index (χ0v) is 17.0. The standard InChI is InChI=1S/C23H19ClN4O2/c1-14-22-20(26-28(23(22)30)17-8-6-16(24)7-9-17)12-21(29)27(14)11-10-15-13-25-19-5-3-2-4-18(15)19/h2-9,12-13,25-26H,10-11H2,1H3. The lowest BCUT2D eigenvalue weighted by atomic mass is 10.1. The molecule has 0 saturated heterocycles. The lowest BCUT2D eigenvalue weighted by Gasteiger charge is -2.09. The number of benzene rings is 2. The number of aromatic nitrogens is 4. The number of halogens is 1. The van der Waals surface area contributed by atoms with Crippen LogP contribution in [0.2, 0.25) is 5.02 Å². The van der Waals surface area contributed by atoms with Crippen LogP contribution in [0.4, 0.5) is 0 Å². The van der Waals surface area contributed by atoms with Crippen LogP contribution in [0.25, 0.3) is 27.5 Å². The van der Waals surface area contributed by atoms with E-state index in [9.17, 15) is 9.59 Å². The fraction of sp³-hybridized carbons (Fsp3) is 0.130. The van der Waals surface area contributed by atoms with Gasteiger partial charge >= 0.3 is 0 Å². The van der Waals surface area contributed by atoms with Gasteiger partial charge in [0.1, 0.15) is 0 Å². The van der Waals surface area contributed by atoms with Gasteiger partial charge in [-0.3, -0.25) is 14.7 Å². The monoisotopic (exact) mass is 418 g/mol. The van der Waals surface area contributed by atoms with Crippen molar-refractivity contribution >= 4 is 33.4 Å². The van der Waals surface area contributed by atoms with E-state index in [0.717, 1.165) is 16.5 Å². The largest absolute Gasteiger partial charge is 0.361 e. The molecular weight excluding hydrogens is 400 g/mol. The Morgan fingerprint density at radius 2 is 1.77 bits per heavy atom. The molecule has 0 atom stereocenters. The summed E-state index contributed by atoms with van der Waals surface area (Å²) < 4.78 is 3.11. The number of nitrogens with one attached hydrogen (secondary N) is 2. The van der Waals surface area contributed by atoms with Crippen molar-refractivity contribution in [3.63, 3.8) is 0 Å². The van der Waals surface area contributed by atoms with E-state index in [1.54, 1.807) is 28.8 Å². The number of aromatic amines is 2. The first-order valence-corrected chi connectivity index (χ1v) is 10.1. The minimum atomic E-state index is -0.189. The van der Waals surface area contributed by atoms with Crippen LogP contribution in [0.1, 0.15) is 11.3 Å². The fourth-order valence-electron chi connectivity index (χ4n) is 4.03. The number of aryl methyl sites for hydroxylation is 2. The van der Waals surface area contributed by atoms with Crippen molar-refractivity contribution in [2.75, 3.05) is 0 Å². The van der Waals surface area contributed by atoms with Gasteiger partial charge in [0.25, 0.3) is 11.1 Å². The van der Waals surface area contributed by atoms with Gasteiger partial charge in [0.05, 0.1) is 16.6 Å². The Hall–Kier alpha value is -3.51. The predicted molar refractivity (Wildman–Crippen MR) is 120 cm³/mol. The number of para-hydroxylation sites is 1. The van der Waals surface area contributed by atoms with Gasteiger partial charge in [-0.05, 0) is 49.2 Å². The van der Waals surface area contributed by atoms with Gasteiger partial charge in [0.15, 0.2) is 0 Å². The number of nitrogens with zero attached hydrogens (tertiary/aromatic N) is 2. The van der Waals surface area contributed by atoms with Crippen LogP contribution in [0.15, 0.2) is 70.4 Å². The number of rotatable bonds is 4. The molecule has 3 heterocycles. The second-order valence-electron chi connectivity index (χ2n) is 7.35. The minimum Gasteiger partial charge on any atom is -0.361 e. The van der Waals surface area contributed by atoms with Gasteiger partial charge in [-0.1, -0.05) is 29.8 Å². The number of pyridine rings is 1. The highest BCUT2D eigenvalue weighted by Gasteiger charge is 2.15. The maximum Gasteiger partial charge on any atom is 0.280 e. The summed E-state index contributed by atoms with van der Waals surface area (Å²) in [4.78, 5) is 29.1. The summed E-state index contributed by atoms with van der Waals surface area (Å²) in [6.45, 7) is 2.31. The van der Waals surface area contributed by atoms with Gasteiger partial charge in [-0.15, -0.1) is 0 Å². The molecule has 7 heteroatoms. The normalized spacial score (nSPS) is 11.5. The molecule has 0 aliphatic heterocycles. The second-order valence-corrected chi connectivity index (χ2v) is 7.78. The summed E-state index contributed by atoms with van der Waals surface area (Å²) in [5.41, 5.74) is 3.74. The van der Waals surface area contributed by atoms with Crippen LogP contribution in [-0.2, 0) is 13.0 Å². The number of hydrogen-bond acceptors (Lipinski definition) is 2. The molecule has 5 rings (SSSR count). The molecule has 0 spiro atoms.